The van der Waals surface area contributed by atoms with Gasteiger partial charge in [-0.1, -0.05) is 12.8 Å². The molecule has 2 amide bonds. The number of nitrogens with one attached hydrogen (secondary N) is 2. The van der Waals surface area contributed by atoms with Crippen LogP contribution in [-0.2, 0) is 0 Å². The molecular weight excluding hydrogens is 308 g/mol. The van der Waals surface area contributed by atoms with Gasteiger partial charge in [-0.25, -0.2) is 0 Å². The number of rotatable bonds is 9. The molecule has 2 rings (SSSR count). The lowest BCUT2D eigenvalue weighted by atomic mass is 10.2. The molecule has 6 heteroatoms. The van der Waals surface area contributed by atoms with Crippen LogP contribution in [0.3, 0.4) is 0 Å². The van der Waals surface area contributed by atoms with Crippen LogP contribution >= 0.6 is 0 Å². The number of hydrogen-bond donors (Lipinski definition) is 2. The van der Waals surface area contributed by atoms with Gasteiger partial charge in [-0.15, -0.1) is 0 Å². The molecule has 6 nitrogen and oxygen atoms in total. The molecular formula is C18H24N2O4. The Balaban J connectivity index is 1.48. The van der Waals surface area contributed by atoms with Gasteiger partial charge in [0.1, 0.15) is 11.5 Å². The summed E-state index contributed by atoms with van der Waals surface area (Å²) in [7, 11) is 0. The van der Waals surface area contributed by atoms with Crippen molar-refractivity contribution < 1.29 is 18.4 Å². The van der Waals surface area contributed by atoms with Crippen LogP contribution in [0.25, 0.3) is 0 Å². The third-order valence-corrected chi connectivity index (χ3v) is 3.60. The predicted octanol–water partition coefficient (Wildman–Crippen LogP) is 3.21. The van der Waals surface area contributed by atoms with Gasteiger partial charge in [0.15, 0.2) is 11.5 Å². The summed E-state index contributed by atoms with van der Waals surface area (Å²) in [6.07, 6.45) is 3.79. The number of hydrogen-bond acceptors (Lipinski definition) is 4. The minimum atomic E-state index is -0.177. The van der Waals surface area contributed by atoms with E-state index < -0.39 is 0 Å². The summed E-state index contributed by atoms with van der Waals surface area (Å²) in [4.78, 5) is 23.5. The van der Waals surface area contributed by atoms with Gasteiger partial charge in [0, 0.05) is 13.1 Å². The van der Waals surface area contributed by atoms with Gasteiger partial charge in [-0.3, -0.25) is 9.59 Å². The maximum atomic E-state index is 11.7. The highest BCUT2D eigenvalue weighted by Gasteiger charge is 2.09. The van der Waals surface area contributed by atoms with Crippen molar-refractivity contribution in [3.8, 4) is 0 Å². The Bertz CT molecular complexity index is 614. The highest BCUT2D eigenvalue weighted by atomic mass is 16.4. The highest BCUT2D eigenvalue weighted by molar-refractivity contribution is 5.91. The molecule has 0 aromatic carbocycles. The second-order valence-corrected chi connectivity index (χ2v) is 5.75. The molecule has 0 radical (unpaired) electrons. The normalized spacial score (nSPS) is 10.6. The van der Waals surface area contributed by atoms with E-state index >= 15 is 0 Å². The summed E-state index contributed by atoms with van der Waals surface area (Å²) in [5.74, 6) is 1.80. The molecule has 0 unspecified atom stereocenters. The average Bonchev–Trinajstić information content (AvgIpc) is 3.18. The number of carbonyl (C=O) groups is 2. The van der Waals surface area contributed by atoms with E-state index in [1.54, 1.807) is 24.3 Å². The molecule has 0 aliphatic heterocycles. The molecule has 2 aromatic heterocycles. The van der Waals surface area contributed by atoms with E-state index in [9.17, 15) is 9.59 Å². The molecule has 0 fully saturated rings. The predicted molar refractivity (Wildman–Crippen MR) is 90.0 cm³/mol. The Morgan fingerprint density at radius 2 is 1.17 bits per heavy atom. The van der Waals surface area contributed by atoms with E-state index in [1.807, 2.05) is 13.8 Å². The third-order valence-electron chi connectivity index (χ3n) is 3.60. The van der Waals surface area contributed by atoms with Gasteiger partial charge < -0.3 is 19.5 Å². The van der Waals surface area contributed by atoms with Crippen LogP contribution in [0.5, 0.6) is 0 Å². The van der Waals surface area contributed by atoms with Gasteiger partial charge in [0.25, 0.3) is 11.8 Å². The fraction of sp³-hybridized carbons (Fsp3) is 0.444. The van der Waals surface area contributed by atoms with Crippen LogP contribution in [0.1, 0.15) is 58.3 Å². The molecule has 0 saturated carbocycles. The van der Waals surface area contributed by atoms with E-state index in [-0.39, 0.29) is 11.8 Å². The summed E-state index contributed by atoms with van der Waals surface area (Å²) in [5, 5.41) is 5.66. The lowest BCUT2D eigenvalue weighted by Gasteiger charge is -2.05. The van der Waals surface area contributed by atoms with E-state index in [2.05, 4.69) is 10.6 Å². The Morgan fingerprint density at radius 1 is 0.750 bits per heavy atom. The van der Waals surface area contributed by atoms with Crippen molar-refractivity contribution in [2.24, 2.45) is 0 Å². The lowest BCUT2D eigenvalue weighted by molar-refractivity contribution is 0.0915. The smallest absolute Gasteiger partial charge is 0.286 e. The first-order valence-corrected chi connectivity index (χ1v) is 8.25. The highest BCUT2D eigenvalue weighted by Crippen LogP contribution is 2.07. The fourth-order valence-corrected chi connectivity index (χ4v) is 2.29. The molecule has 0 spiro atoms. The monoisotopic (exact) mass is 332 g/mol. The summed E-state index contributed by atoms with van der Waals surface area (Å²) >= 11 is 0. The van der Waals surface area contributed by atoms with Crippen molar-refractivity contribution in [2.45, 2.75) is 39.5 Å². The first kappa shape index (κ1) is 17.8. The van der Waals surface area contributed by atoms with Crippen molar-refractivity contribution in [3.63, 3.8) is 0 Å². The zero-order chi connectivity index (χ0) is 17.4. The van der Waals surface area contributed by atoms with Crippen LogP contribution in [0.2, 0.25) is 0 Å². The molecule has 0 aliphatic carbocycles. The zero-order valence-corrected chi connectivity index (χ0v) is 14.2. The second-order valence-electron chi connectivity index (χ2n) is 5.75. The topological polar surface area (TPSA) is 84.5 Å². The zero-order valence-electron chi connectivity index (χ0n) is 14.2. The maximum absolute atomic E-state index is 11.7. The Kier molecular flexibility index (Phi) is 6.66. The summed E-state index contributed by atoms with van der Waals surface area (Å²) < 4.78 is 10.5. The summed E-state index contributed by atoms with van der Waals surface area (Å²) in [6, 6.07) is 6.89. The van der Waals surface area contributed by atoms with E-state index in [1.165, 1.54) is 0 Å². The van der Waals surface area contributed by atoms with Crippen LogP contribution < -0.4 is 10.6 Å². The van der Waals surface area contributed by atoms with E-state index in [0.717, 1.165) is 37.2 Å². The minimum absolute atomic E-state index is 0.177. The molecule has 2 aromatic rings. The van der Waals surface area contributed by atoms with Crippen LogP contribution in [0.15, 0.2) is 33.1 Å². The van der Waals surface area contributed by atoms with Crippen molar-refractivity contribution >= 4 is 11.8 Å². The van der Waals surface area contributed by atoms with Crippen molar-refractivity contribution in [2.75, 3.05) is 13.1 Å². The van der Waals surface area contributed by atoms with Crippen molar-refractivity contribution in [1.29, 1.82) is 0 Å². The molecule has 0 saturated heterocycles. The minimum Gasteiger partial charge on any atom is -0.456 e. The number of aryl methyl sites for hydroxylation is 2. The Hall–Kier alpha value is -2.50. The average molecular weight is 332 g/mol. The molecule has 24 heavy (non-hydrogen) atoms. The maximum Gasteiger partial charge on any atom is 0.286 e. The molecule has 0 aliphatic rings. The number of furan rings is 2. The Labute approximate surface area is 141 Å². The SMILES string of the molecule is Cc1ccc(C(=O)NCCCCCCNC(=O)c2ccc(C)o2)o1. The first-order valence-electron chi connectivity index (χ1n) is 8.25. The summed E-state index contributed by atoms with van der Waals surface area (Å²) in [6.45, 7) is 4.86. The van der Waals surface area contributed by atoms with Gasteiger partial charge in [-0.2, -0.15) is 0 Å². The lowest BCUT2D eigenvalue weighted by Crippen LogP contribution is -2.24. The molecule has 2 heterocycles. The van der Waals surface area contributed by atoms with Gasteiger partial charge >= 0.3 is 0 Å². The van der Waals surface area contributed by atoms with Crippen LogP contribution in [-0.4, -0.2) is 24.9 Å². The third kappa shape index (κ3) is 5.61. The molecule has 130 valence electrons. The van der Waals surface area contributed by atoms with E-state index in [4.69, 9.17) is 8.83 Å². The number of amides is 2. The largest absolute Gasteiger partial charge is 0.456 e. The molecule has 0 atom stereocenters. The van der Waals surface area contributed by atoms with Gasteiger partial charge in [-0.05, 0) is 51.0 Å². The fourth-order valence-electron chi connectivity index (χ4n) is 2.29. The molecule has 0 bridgehead atoms. The first-order chi connectivity index (χ1) is 11.6. The van der Waals surface area contributed by atoms with Crippen LogP contribution in [0.4, 0.5) is 0 Å². The van der Waals surface area contributed by atoms with Gasteiger partial charge in [0.2, 0.25) is 0 Å². The van der Waals surface area contributed by atoms with Crippen molar-refractivity contribution in [3.05, 3.63) is 47.3 Å². The van der Waals surface area contributed by atoms with Gasteiger partial charge in [0.05, 0.1) is 0 Å². The molecule has 2 N–H and O–H groups in total. The Morgan fingerprint density at radius 3 is 1.50 bits per heavy atom. The van der Waals surface area contributed by atoms with E-state index in [0.29, 0.717) is 24.6 Å². The quantitative estimate of drug-likeness (QED) is 0.691. The second kappa shape index (κ2) is 8.96. The standard InChI is InChI=1S/C18H24N2O4/c1-13-7-9-15(23-13)17(21)19-11-5-3-4-6-12-20-18(22)16-10-8-14(2)24-16/h7-10H,3-6,11-12H2,1-2H3,(H,19,21)(H,20,22). The van der Waals surface area contributed by atoms with Crippen molar-refractivity contribution in [1.82, 2.24) is 10.6 Å². The summed E-state index contributed by atoms with van der Waals surface area (Å²) in [5.41, 5.74) is 0. The number of unbranched alkanes of at least 4 members (excludes halogenated alkanes) is 3. The number of carbonyl (C=O) groups excluding carboxylic acids is 2. The van der Waals surface area contributed by atoms with Crippen LogP contribution in [0, 0.1) is 13.8 Å².